The summed E-state index contributed by atoms with van der Waals surface area (Å²) in [7, 11) is 3.13. The fraction of sp³-hybridized carbons (Fsp3) is 0.250. The van der Waals surface area contributed by atoms with Gasteiger partial charge in [-0.3, -0.25) is 14.2 Å². The highest BCUT2D eigenvalue weighted by Gasteiger charge is 2.12. The summed E-state index contributed by atoms with van der Waals surface area (Å²) in [5.41, 5.74) is 2.28. The Morgan fingerprint density at radius 3 is 2.59 bits per heavy atom. The quantitative estimate of drug-likeness (QED) is 0.721. The van der Waals surface area contributed by atoms with Crippen LogP contribution in [0.4, 0.5) is 0 Å². The number of aryl methyl sites for hydroxylation is 1. The third kappa shape index (κ3) is 3.92. The minimum Gasteiger partial charge on any atom is -0.493 e. The van der Waals surface area contributed by atoms with Crippen LogP contribution in [0.2, 0.25) is 0 Å². The number of para-hydroxylation sites is 2. The molecule has 0 fully saturated rings. The molecule has 0 saturated carbocycles. The number of aromatic nitrogens is 2. The van der Waals surface area contributed by atoms with Crippen molar-refractivity contribution in [1.82, 2.24) is 14.9 Å². The van der Waals surface area contributed by atoms with E-state index < -0.39 is 0 Å². The van der Waals surface area contributed by atoms with Crippen LogP contribution in [0.5, 0.6) is 11.5 Å². The van der Waals surface area contributed by atoms with E-state index in [1.165, 1.54) is 4.57 Å². The van der Waals surface area contributed by atoms with E-state index in [9.17, 15) is 9.59 Å². The van der Waals surface area contributed by atoms with E-state index in [1.807, 2.05) is 24.3 Å². The highest BCUT2D eigenvalue weighted by molar-refractivity contribution is 5.80. The standard InChI is InChI=1S/C20H21N3O4/c1-13-20(25)23(16-7-5-4-6-15(16)22-13)12-19(24)21-11-14-8-9-17(26-2)18(10-14)27-3/h4-10H,11-12H2,1-3H3,(H,21,24). The van der Waals surface area contributed by atoms with Crippen molar-refractivity contribution in [1.29, 1.82) is 0 Å². The molecule has 0 bridgehead atoms. The molecule has 0 unspecified atom stereocenters. The van der Waals surface area contributed by atoms with Gasteiger partial charge < -0.3 is 14.8 Å². The smallest absolute Gasteiger partial charge is 0.272 e. The predicted molar refractivity (Wildman–Crippen MR) is 102 cm³/mol. The molecule has 7 heteroatoms. The molecule has 1 N–H and O–H groups in total. The maximum atomic E-state index is 12.4. The Labute approximate surface area is 156 Å². The zero-order chi connectivity index (χ0) is 19.4. The van der Waals surface area contributed by atoms with Gasteiger partial charge in [-0.15, -0.1) is 0 Å². The largest absolute Gasteiger partial charge is 0.493 e. The summed E-state index contributed by atoms with van der Waals surface area (Å²) < 4.78 is 11.9. The molecule has 2 aromatic carbocycles. The Morgan fingerprint density at radius 1 is 1.11 bits per heavy atom. The number of nitrogens with zero attached hydrogens (tertiary/aromatic N) is 2. The van der Waals surface area contributed by atoms with Crippen molar-refractivity contribution in [3.63, 3.8) is 0 Å². The number of fused-ring (bicyclic) bond motifs is 1. The van der Waals surface area contributed by atoms with Gasteiger partial charge in [0.15, 0.2) is 11.5 Å². The summed E-state index contributed by atoms with van der Waals surface area (Å²) in [5, 5.41) is 2.83. The van der Waals surface area contributed by atoms with Crippen LogP contribution in [0.15, 0.2) is 47.3 Å². The van der Waals surface area contributed by atoms with Gasteiger partial charge in [0.25, 0.3) is 5.56 Å². The summed E-state index contributed by atoms with van der Waals surface area (Å²) >= 11 is 0. The van der Waals surface area contributed by atoms with E-state index in [2.05, 4.69) is 10.3 Å². The summed E-state index contributed by atoms with van der Waals surface area (Å²) in [6.45, 7) is 1.89. The van der Waals surface area contributed by atoms with Gasteiger partial charge in [0, 0.05) is 6.54 Å². The molecule has 0 saturated heterocycles. The Morgan fingerprint density at radius 2 is 1.85 bits per heavy atom. The minimum atomic E-state index is -0.269. The normalized spacial score (nSPS) is 10.6. The molecule has 0 aliphatic carbocycles. The molecule has 1 aromatic heterocycles. The number of nitrogens with one attached hydrogen (secondary N) is 1. The van der Waals surface area contributed by atoms with E-state index >= 15 is 0 Å². The molecule has 7 nitrogen and oxygen atoms in total. The third-order valence-corrected chi connectivity index (χ3v) is 4.25. The molecule has 1 amide bonds. The van der Waals surface area contributed by atoms with Crippen molar-refractivity contribution in [2.24, 2.45) is 0 Å². The first kappa shape index (κ1) is 18.4. The lowest BCUT2D eigenvalue weighted by atomic mass is 10.2. The number of rotatable bonds is 6. The molecule has 0 radical (unpaired) electrons. The second-order valence-electron chi connectivity index (χ2n) is 6.04. The van der Waals surface area contributed by atoms with E-state index in [1.54, 1.807) is 39.3 Å². The van der Waals surface area contributed by atoms with Crippen LogP contribution in [-0.4, -0.2) is 29.7 Å². The number of hydrogen-bond donors (Lipinski definition) is 1. The van der Waals surface area contributed by atoms with Gasteiger partial charge in [0.2, 0.25) is 5.91 Å². The predicted octanol–water partition coefficient (Wildman–Crippen LogP) is 2.04. The lowest BCUT2D eigenvalue weighted by molar-refractivity contribution is -0.121. The molecule has 3 rings (SSSR count). The monoisotopic (exact) mass is 367 g/mol. The molecular formula is C20H21N3O4. The molecule has 0 spiro atoms. The number of carbonyl (C=O) groups excluding carboxylic acids is 1. The van der Waals surface area contributed by atoms with E-state index in [-0.39, 0.29) is 18.0 Å². The van der Waals surface area contributed by atoms with Gasteiger partial charge in [0.1, 0.15) is 12.2 Å². The second kappa shape index (κ2) is 7.90. The summed E-state index contributed by atoms with van der Waals surface area (Å²) in [6, 6.07) is 12.7. The van der Waals surface area contributed by atoms with Crippen molar-refractivity contribution in [3.8, 4) is 11.5 Å². The van der Waals surface area contributed by atoms with E-state index in [0.29, 0.717) is 34.8 Å². The van der Waals surface area contributed by atoms with Gasteiger partial charge in [-0.1, -0.05) is 18.2 Å². The fourth-order valence-electron chi connectivity index (χ4n) is 2.87. The van der Waals surface area contributed by atoms with Crippen LogP contribution in [-0.2, 0) is 17.9 Å². The maximum Gasteiger partial charge on any atom is 0.272 e. The SMILES string of the molecule is COc1ccc(CNC(=O)Cn2c(=O)c(C)nc3ccccc32)cc1OC. The van der Waals surface area contributed by atoms with Crippen LogP contribution >= 0.6 is 0 Å². The van der Waals surface area contributed by atoms with Crippen molar-refractivity contribution in [2.45, 2.75) is 20.0 Å². The zero-order valence-electron chi connectivity index (χ0n) is 15.5. The van der Waals surface area contributed by atoms with Crippen LogP contribution in [0.3, 0.4) is 0 Å². The van der Waals surface area contributed by atoms with Crippen LogP contribution < -0.4 is 20.3 Å². The van der Waals surface area contributed by atoms with Gasteiger partial charge in [-0.05, 0) is 36.8 Å². The third-order valence-electron chi connectivity index (χ3n) is 4.25. The summed E-state index contributed by atoms with van der Waals surface area (Å²) in [5.74, 6) is 0.955. The maximum absolute atomic E-state index is 12.4. The number of hydrogen-bond acceptors (Lipinski definition) is 5. The Balaban J connectivity index is 1.76. The van der Waals surface area contributed by atoms with Gasteiger partial charge in [0.05, 0.1) is 25.3 Å². The Hall–Kier alpha value is -3.35. The molecule has 1 heterocycles. The minimum absolute atomic E-state index is 0.0734. The zero-order valence-corrected chi connectivity index (χ0v) is 15.5. The van der Waals surface area contributed by atoms with E-state index in [0.717, 1.165) is 5.56 Å². The van der Waals surface area contributed by atoms with Gasteiger partial charge in [-0.25, -0.2) is 4.98 Å². The lowest BCUT2D eigenvalue weighted by Crippen LogP contribution is -2.33. The first-order valence-electron chi connectivity index (χ1n) is 8.47. The number of amides is 1. The molecule has 0 aliphatic rings. The number of ether oxygens (including phenoxy) is 2. The van der Waals surface area contributed by atoms with Crippen molar-refractivity contribution in [3.05, 3.63) is 64.1 Å². The first-order valence-corrected chi connectivity index (χ1v) is 8.47. The number of carbonyl (C=O) groups is 1. The Kier molecular flexibility index (Phi) is 5.40. The average Bonchev–Trinajstić information content (AvgIpc) is 2.69. The second-order valence-corrected chi connectivity index (χ2v) is 6.04. The molecule has 27 heavy (non-hydrogen) atoms. The molecule has 140 valence electrons. The molecule has 0 atom stereocenters. The van der Waals surface area contributed by atoms with Gasteiger partial charge in [-0.2, -0.15) is 0 Å². The highest BCUT2D eigenvalue weighted by Crippen LogP contribution is 2.27. The molecular weight excluding hydrogens is 346 g/mol. The summed E-state index contributed by atoms with van der Waals surface area (Å²) in [6.07, 6.45) is 0. The van der Waals surface area contributed by atoms with E-state index in [4.69, 9.17) is 9.47 Å². The van der Waals surface area contributed by atoms with Crippen molar-refractivity contribution in [2.75, 3.05) is 14.2 Å². The average molecular weight is 367 g/mol. The first-order chi connectivity index (χ1) is 13.0. The van der Waals surface area contributed by atoms with Crippen LogP contribution in [0, 0.1) is 6.92 Å². The molecule has 0 aliphatic heterocycles. The highest BCUT2D eigenvalue weighted by atomic mass is 16.5. The summed E-state index contributed by atoms with van der Waals surface area (Å²) in [4.78, 5) is 29.1. The van der Waals surface area contributed by atoms with Gasteiger partial charge >= 0.3 is 0 Å². The number of benzene rings is 2. The van der Waals surface area contributed by atoms with Crippen molar-refractivity contribution < 1.29 is 14.3 Å². The fourth-order valence-corrected chi connectivity index (χ4v) is 2.87. The number of methoxy groups -OCH3 is 2. The lowest BCUT2D eigenvalue weighted by Gasteiger charge is -2.12. The molecule has 3 aromatic rings. The van der Waals surface area contributed by atoms with Crippen molar-refractivity contribution >= 4 is 16.9 Å². The van der Waals surface area contributed by atoms with Crippen LogP contribution in [0.1, 0.15) is 11.3 Å². The van der Waals surface area contributed by atoms with Crippen LogP contribution in [0.25, 0.3) is 11.0 Å². The topological polar surface area (TPSA) is 82.5 Å². The Bertz CT molecular complexity index is 1040.